The van der Waals surface area contributed by atoms with Crippen molar-refractivity contribution in [3.05, 3.63) is 87.1 Å². The molecule has 250 valence electrons. The summed E-state index contributed by atoms with van der Waals surface area (Å²) in [6.07, 6.45) is -4.86. The number of carboxylic acid groups (broad SMARTS) is 1. The van der Waals surface area contributed by atoms with Gasteiger partial charge in [-0.25, -0.2) is 44.9 Å². The van der Waals surface area contributed by atoms with Gasteiger partial charge in [-0.3, -0.25) is 14.5 Å². The Bertz CT molecular complexity index is 1820. The van der Waals surface area contributed by atoms with Crippen LogP contribution < -0.4 is 9.62 Å². The highest BCUT2D eigenvalue weighted by Crippen LogP contribution is 2.32. The number of halogens is 6. The fraction of sp³-hybridized carbons (Fsp3) is 0.286. The lowest BCUT2D eigenvalue weighted by atomic mass is 9.98. The smallest absolute Gasteiger partial charge is 0.340 e. The quantitative estimate of drug-likeness (QED) is 0.222. The summed E-state index contributed by atoms with van der Waals surface area (Å²) in [5.41, 5.74) is -2.94. The van der Waals surface area contributed by atoms with Crippen molar-refractivity contribution >= 4 is 45.3 Å². The highest BCUT2D eigenvalue weighted by Gasteiger charge is 2.37. The summed E-state index contributed by atoms with van der Waals surface area (Å²) < 4.78 is 96.2. The van der Waals surface area contributed by atoms with Gasteiger partial charge < -0.3 is 14.7 Å². The van der Waals surface area contributed by atoms with E-state index in [1.165, 1.54) is 30.0 Å². The number of carbonyl (C=O) groups is 3. The topological polar surface area (TPSA) is 180 Å². The van der Waals surface area contributed by atoms with Crippen molar-refractivity contribution in [2.24, 2.45) is 5.92 Å². The molecule has 1 aliphatic heterocycles. The molecule has 0 radical (unpaired) electrons. The van der Waals surface area contributed by atoms with Crippen molar-refractivity contribution in [3.63, 3.8) is 0 Å². The van der Waals surface area contributed by atoms with Crippen molar-refractivity contribution in [2.45, 2.75) is 25.5 Å². The van der Waals surface area contributed by atoms with E-state index < -0.39 is 80.7 Å². The number of rotatable bonds is 10. The SMILES string of the molecule is CCOC(=O)c1cc(C#N)c(N2CC(C(=O)NS(=O)(=O)Cc3ccc(Cl)cc3F)C2)nc1C(F)F.O=C(O)c1cccnc1C(F)F. The van der Waals surface area contributed by atoms with E-state index in [4.69, 9.17) is 21.4 Å². The number of amides is 1. The van der Waals surface area contributed by atoms with Crippen LogP contribution in [0.2, 0.25) is 5.02 Å². The first-order valence-electron chi connectivity index (χ1n) is 13.2. The molecular formula is C28H23ClF5N5O7S. The van der Waals surface area contributed by atoms with Gasteiger partial charge in [0.1, 0.15) is 29.1 Å². The molecule has 0 spiro atoms. The van der Waals surface area contributed by atoms with Crippen LogP contribution in [0.3, 0.4) is 0 Å². The van der Waals surface area contributed by atoms with E-state index >= 15 is 0 Å². The number of carbonyl (C=O) groups excluding carboxylic acids is 2. The van der Waals surface area contributed by atoms with Crippen molar-refractivity contribution in [1.29, 1.82) is 5.26 Å². The van der Waals surface area contributed by atoms with Gasteiger partial charge in [-0.1, -0.05) is 17.7 Å². The lowest BCUT2D eigenvalue weighted by Gasteiger charge is -2.39. The maximum Gasteiger partial charge on any atom is 0.340 e. The molecule has 2 aromatic heterocycles. The first-order valence-corrected chi connectivity index (χ1v) is 15.2. The Labute approximate surface area is 268 Å². The number of alkyl halides is 4. The average molecular weight is 704 g/mol. The van der Waals surface area contributed by atoms with Crippen molar-refractivity contribution in [1.82, 2.24) is 14.7 Å². The Balaban J connectivity index is 0.000000420. The van der Waals surface area contributed by atoms with Gasteiger partial charge >= 0.3 is 11.9 Å². The lowest BCUT2D eigenvalue weighted by molar-refractivity contribution is -0.123. The zero-order chi connectivity index (χ0) is 35.1. The molecular weight excluding hydrogens is 681 g/mol. The molecule has 3 heterocycles. The summed E-state index contributed by atoms with van der Waals surface area (Å²) in [4.78, 5) is 43.1. The molecule has 19 heteroatoms. The number of benzene rings is 1. The van der Waals surface area contributed by atoms with Gasteiger partial charge in [-0.15, -0.1) is 0 Å². The van der Waals surface area contributed by atoms with Crippen molar-refractivity contribution in [3.8, 4) is 6.07 Å². The molecule has 0 unspecified atom stereocenters. The molecule has 0 atom stereocenters. The molecule has 4 rings (SSSR count). The highest BCUT2D eigenvalue weighted by atomic mass is 35.5. The van der Waals surface area contributed by atoms with Crippen LogP contribution in [0.1, 0.15) is 63.0 Å². The number of anilines is 1. The number of nitrogens with zero attached hydrogens (tertiary/aromatic N) is 4. The maximum atomic E-state index is 13.9. The third-order valence-electron chi connectivity index (χ3n) is 6.30. The van der Waals surface area contributed by atoms with Crippen LogP contribution in [0.15, 0.2) is 42.6 Å². The predicted molar refractivity (Wildman–Crippen MR) is 154 cm³/mol. The minimum absolute atomic E-state index is 0.0678. The summed E-state index contributed by atoms with van der Waals surface area (Å²) in [5.74, 6) is -6.02. The first kappa shape index (κ1) is 36.6. The second kappa shape index (κ2) is 15.6. The van der Waals surface area contributed by atoms with E-state index in [9.17, 15) is 50.0 Å². The summed E-state index contributed by atoms with van der Waals surface area (Å²) >= 11 is 5.64. The van der Waals surface area contributed by atoms with E-state index in [0.29, 0.717) is 0 Å². The number of hydrogen-bond donors (Lipinski definition) is 2. The largest absolute Gasteiger partial charge is 0.478 e. The molecule has 0 saturated carbocycles. The average Bonchev–Trinajstić information content (AvgIpc) is 2.97. The molecule has 0 bridgehead atoms. The monoisotopic (exact) mass is 703 g/mol. The van der Waals surface area contributed by atoms with E-state index in [1.54, 1.807) is 6.07 Å². The number of aromatic nitrogens is 2. The van der Waals surface area contributed by atoms with Crippen LogP contribution in [0.5, 0.6) is 0 Å². The molecule has 1 aromatic carbocycles. The third kappa shape index (κ3) is 9.33. The number of esters is 1. The standard InChI is InChI=1S/C21H18ClF3N4O5S.C7H5F2NO2/c1-2-34-21(31)15-5-12(7-26)19(27-17(15)18(24)25)29-8-13(9-29)20(30)28-35(32,33)10-11-3-4-14(22)6-16(11)23;8-6(9)5-4(7(11)12)2-1-3-10-5/h3-6,13,18H,2,8-10H2,1H3,(H,28,30);1-3,6H,(H,11,12). The van der Waals surface area contributed by atoms with Gasteiger partial charge in [-0.05, 0) is 37.3 Å². The number of ether oxygens (including phenoxy) is 1. The minimum Gasteiger partial charge on any atom is -0.478 e. The number of nitrogens with one attached hydrogen (secondary N) is 1. The van der Waals surface area contributed by atoms with Gasteiger partial charge in [0.2, 0.25) is 15.9 Å². The lowest BCUT2D eigenvalue weighted by Crippen LogP contribution is -2.55. The van der Waals surface area contributed by atoms with E-state index in [0.717, 1.165) is 24.4 Å². The number of carboxylic acids is 1. The van der Waals surface area contributed by atoms with Gasteiger partial charge in [-0.2, -0.15) is 5.26 Å². The van der Waals surface area contributed by atoms with Gasteiger partial charge in [0.15, 0.2) is 0 Å². The van der Waals surface area contributed by atoms with Crippen molar-refractivity contribution in [2.75, 3.05) is 24.6 Å². The van der Waals surface area contributed by atoms with Crippen LogP contribution in [-0.2, 0) is 25.3 Å². The van der Waals surface area contributed by atoms with E-state index in [1.807, 2.05) is 4.72 Å². The number of nitriles is 1. The Morgan fingerprint density at radius 2 is 1.79 bits per heavy atom. The molecule has 1 amide bonds. The number of pyridine rings is 2. The number of sulfonamides is 1. The normalized spacial score (nSPS) is 12.9. The molecule has 1 aliphatic rings. The van der Waals surface area contributed by atoms with Gasteiger partial charge in [0.05, 0.1) is 35.0 Å². The highest BCUT2D eigenvalue weighted by molar-refractivity contribution is 7.89. The molecule has 0 aliphatic carbocycles. The molecule has 1 saturated heterocycles. The Hall–Kier alpha value is -4.89. The Kier molecular flexibility index (Phi) is 12.1. The summed E-state index contributed by atoms with van der Waals surface area (Å²) in [7, 11) is -4.24. The summed E-state index contributed by atoms with van der Waals surface area (Å²) in [6.45, 7) is 1.17. The Morgan fingerprint density at radius 3 is 2.32 bits per heavy atom. The zero-order valence-electron chi connectivity index (χ0n) is 24.0. The number of hydrogen-bond acceptors (Lipinski definition) is 10. The molecule has 1 fully saturated rings. The zero-order valence-corrected chi connectivity index (χ0v) is 25.5. The number of aromatic carboxylic acids is 1. The van der Waals surface area contributed by atoms with Crippen LogP contribution in [0.4, 0.5) is 27.8 Å². The fourth-order valence-corrected chi connectivity index (χ4v) is 5.43. The van der Waals surface area contributed by atoms with Gasteiger partial charge in [0, 0.05) is 29.9 Å². The van der Waals surface area contributed by atoms with E-state index in [-0.39, 0.29) is 41.7 Å². The van der Waals surface area contributed by atoms with Crippen LogP contribution in [0.25, 0.3) is 0 Å². The molecule has 2 N–H and O–H groups in total. The molecule has 3 aromatic rings. The van der Waals surface area contributed by atoms with E-state index in [2.05, 4.69) is 9.97 Å². The first-order chi connectivity index (χ1) is 22.1. The predicted octanol–water partition coefficient (Wildman–Crippen LogP) is 4.66. The minimum atomic E-state index is -4.24. The maximum absolute atomic E-state index is 13.9. The Morgan fingerprint density at radius 1 is 1.13 bits per heavy atom. The van der Waals surface area contributed by atoms with Crippen molar-refractivity contribution < 1.29 is 54.6 Å². The molecule has 12 nitrogen and oxygen atoms in total. The fourth-order valence-electron chi connectivity index (χ4n) is 4.09. The third-order valence-corrected chi connectivity index (χ3v) is 7.74. The van der Waals surface area contributed by atoms with Crippen LogP contribution >= 0.6 is 11.6 Å². The second-order valence-electron chi connectivity index (χ2n) is 9.53. The van der Waals surface area contributed by atoms with Crippen LogP contribution in [0, 0.1) is 23.1 Å². The summed E-state index contributed by atoms with van der Waals surface area (Å²) in [6, 6.07) is 8.54. The second-order valence-corrected chi connectivity index (χ2v) is 11.7. The summed E-state index contributed by atoms with van der Waals surface area (Å²) in [5, 5.41) is 17.9. The van der Waals surface area contributed by atoms with Crippen LogP contribution in [-0.4, -0.2) is 61.0 Å². The van der Waals surface area contributed by atoms with Gasteiger partial charge in [0.25, 0.3) is 12.9 Å². The molecule has 47 heavy (non-hydrogen) atoms.